The summed E-state index contributed by atoms with van der Waals surface area (Å²) in [5, 5.41) is 11.0. The first kappa shape index (κ1) is 30.4. The molecule has 2 N–H and O–H groups in total. The van der Waals surface area contributed by atoms with E-state index in [0.29, 0.717) is 0 Å². The molecule has 0 radical (unpaired) electrons. The highest BCUT2D eigenvalue weighted by Crippen LogP contribution is 2.44. The third-order valence-electron chi connectivity index (χ3n) is 6.60. The van der Waals surface area contributed by atoms with Crippen LogP contribution in [0.4, 0.5) is 13.2 Å². The zero-order valence-corrected chi connectivity index (χ0v) is 24.0. The quantitative estimate of drug-likeness (QED) is 0.211. The molecule has 2 aromatic carbocycles. The van der Waals surface area contributed by atoms with Gasteiger partial charge in [-0.15, -0.1) is 11.3 Å². The lowest BCUT2D eigenvalue weighted by molar-refractivity contribution is -0.136. The van der Waals surface area contributed by atoms with Crippen molar-refractivity contribution in [2.75, 3.05) is 20.7 Å². The van der Waals surface area contributed by atoms with Crippen LogP contribution in [-0.2, 0) is 34.3 Å². The number of aromatic nitrogens is 1. The van der Waals surface area contributed by atoms with Gasteiger partial charge in [0, 0.05) is 28.9 Å². The zero-order chi connectivity index (χ0) is 30.1. The van der Waals surface area contributed by atoms with Gasteiger partial charge in [-0.25, -0.2) is 4.98 Å². The number of methoxy groups -OCH3 is 1. The predicted molar refractivity (Wildman–Crippen MR) is 151 cm³/mol. The number of hydrogen-bond acceptors (Lipinski definition) is 7. The summed E-state index contributed by atoms with van der Waals surface area (Å²) in [7, 11) is -2.06. The number of thiophene rings is 1. The minimum absolute atomic E-state index is 0.0853. The van der Waals surface area contributed by atoms with Crippen molar-refractivity contribution in [3.63, 3.8) is 0 Å². The van der Waals surface area contributed by atoms with Crippen LogP contribution in [0.5, 0.6) is 5.75 Å². The van der Waals surface area contributed by atoms with Crippen molar-refractivity contribution in [1.29, 1.82) is 0 Å². The van der Waals surface area contributed by atoms with E-state index in [2.05, 4.69) is 43.1 Å². The lowest BCUT2D eigenvalue weighted by Crippen LogP contribution is -2.25. The van der Waals surface area contributed by atoms with Gasteiger partial charge in [-0.2, -0.15) is 21.6 Å². The fraction of sp³-hybridized carbons (Fsp3) is 0.286. The molecule has 0 saturated heterocycles. The number of hydrogen-bond donors (Lipinski definition) is 2. The number of likely N-dealkylation sites (N-methyl/N-ethyl adjacent to an activating group) is 1. The van der Waals surface area contributed by atoms with Gasteiger partial charge in [-0.3, -0.25) is 9.35 Å². The van der Waals surface area contributed by atoms with E-state index in [1.165, 1.54) is 16.0 Å². The summed E-state index contributed by atoms with van der Waals surface area (Å²) in [6.07, 6.45) is 0.860. The van der Waals surface area contributed by atoms with Gasteiger partial charge in [0.2, 0.25) is 0 Å². The predicted octanol–water partition coefficient (Wildman–Crippen LogP) is 5.96. The molecule has 5 rings (SSSR count). The molecule has 0 atom stereocenters. The second kappa shape index (κ2) is 11.8. The van der Waals surface area contributed by atoms with E-state index < -0.39 is 21.6 Å². The number of benzene rings is 2. The molecule has 4 aromatic rings. The van der Waals surface area contributed by atoms with E-state index in [4.69, 9.17) is 22.7 Å². The third-order valence-corrected chi connectivity index (χ3v) is 8.30. The molecular formula is C28H27F3N2O6S2. The minimum Gasteiger partial charge on any atom is -0.497 e. The summed E-state index contributed by atoms with van der Waals surface area (Å²) in [5.41, 5.74) is 1.41. The van der Waals surface area contributed by atoms with Gasteiger partial charge in [0.05, 0.1) is 19.2 Å². The van der Waals surface area contributed by atoms with Gasteiger partial charge in [0.15, 0.2) is 0 Å². The van der Waals surface area contributed by atoms with Crippen LogP contribution in [0.1, 0.15) is 21.6 Å². The number of carbonyl (C=O) groups is 1. The Morgan fingerprint density at radius 2 is 1.68 bits per heavy atom. The minimum atomic E-state index is -5.84. The summed E-state index contributed by atoms with van der Waals surface area (Å²) in [6, 6.07) is 16.1. The molecular weight excluding hydrogens is 581 g/mol. The fourth-order valence-corrected chi connectivity index (χ4v) is 5.95. The van der Waals surface area contributed by atoms with E-state index in [0.717, 1.165) is 63.4 Å². The topological polar surface area (TPSA) is 117 Å². The van der Waals surface area contributed by atoms with Crippen LogP contribution in [0.15, 0.2) is 48.5 Å². The lowest BCUT2D eigenvalue weighted by atomic mass is 9.89. The lowest BCUT2D eigenvalue weighted by Gasteiger charge is -2.23. The van der Waals surface area contributed by atoms with E-state index in [9.17, 15) is 23.1 Å². The SMILES string of the molecule is COc1ccc(-c2nc3sc4c(c3c(-c3ccc(C)cc3)c2CC(=O)O)CCN(C)C4)cc1.O=S(=O)(O)C(F)(F)F. The van der Waals surface area contributed by atoms with Crippen LogP contribution >= 0.6 is 11.3 Å². The van der Waals surface area contributed by atoms with Crippen molar-refractivity contribution in [2.45, 2.75) is 31.8 Å². The summed E-state index contributed by atoms with van der Waals surface area (Å²) >= 11 is 1.73. The molecule has 0 fully saturated rings. The molecule has 41 heavy (non-hydrogen) atoms. The molecule has 1 aliphatic rings. The molecule has 1 aliphatic heterocycles. The Morgan fingerprint density at radius 1 is 1.10 bits per heavy atom. The highest BCUT2D eigenvalue weighted by Gasteiger charge is 2.44. The first-order valence-electron chi connectivity index (χ1n) is 12.3. The highest BCUT2D eigenvalue weighted by molar-refractivity contribution is 7.86. The molecule has 0 spiro atoms. The molecule has 0 saturated carbocycles. The largest absolute Gasteiger partial charge is 0.522 e. The van der Waals surface area contributed by atoms with Crippen molar-refractivity contribution >= 4 is 37.6 Å². The van der Waals surface area contributed by atoms with Crippen molar-refractivity contribution < 1.29 is 40.8 Å². The number of halogens is 3. The summed E-state index contributed by atoms with van der Waals surface area (Å²) in [4.78, 5) is 21.8. The standard InChI is InChI=1S/C27H26N2O3S.CHF3O3S/c1-16-4-6-17(7-5-16)24-21(14-23(30)31)26(18-8-10-19(32-3)11-9-18)28-27-25(24)20-12-13-29(2)15-22(20)33-27;2-1(3,4)8(5,6)7/h4-11H,12-15H2,1-3H3,(H,30,31);(H,5,6,7). The second-order valence-electron chi connectivity index (χ2n) is 9.57. The van der Waals surface area contributed by atoms with Crippen molar-refractivity contribution in [3.8, 4) is 28.1 Å². The first-order chi connectivity index (χ1) is 19.2. The monoisotopic (exact) mass is 608 g/mol. The Labute approximate surface area is 238 Å². The number of ether oxygens (including phenoxy) is 1. The van der Waals surface area contributed by atoms with Gasteiger partial charge < -0.3 is 14.7 Å². The average Bonchev–Trinajstić information content (AvgIpc) is 3.25. The van der Waals surface area contributed by atoms with E-state index in [-0.39, 0.29) is 6.42 Å². The summed E-state index contributed by atoms with van der Waals surface area (Å²) in [6.45, 7) is 3.95. The molecule has 0 aliphatic carbocycles. The van der Waals surface area contributed by atoms with Crippen LogP contribution in [0, 0.1) is 6.92 Å². The van der Waals surface area contributed by atoms with E-state index >= 15 is 0 Å². The Morgan fingerprint density at radius 3 is 2.22 bits per heavy atom. The van der Waals surface area contributed by atoms with Gasteiger partial charge >= 0.3 is 21.6 Å². The van der Waals surface area contributed by atoms with Crippen molar-refractivity contribution in [3.05, 3.63) is 70.1 Å². The highest BCUT2D eigenvalue weighted by atomic mass is 32.2. The van der Waals surface area contributed by atoms with Gasteiger partial charge in [-0.05, 0) is 66.9 Å². The number of carboxylic acid groups (broad SMARTS) is 1. The number of carboxylic acids is 1. The zero-order valence-electron chi connectivity index (χ0n) is 22.3. The van der Waals surface area contributed by atoms with Gasteiger partial charge in [-0.1, -0.05) is 29.8 Å². The normalized spacial score (nSPS) is 13.8. The van der Waals surface area contributed by atoms with Crippen LogP contribution in [0.3, 0.4) is 0 Å². The van der Waals surface area contributed by atoms with Crippen LogP contribution < -0.4 is 4.74 Å². The van der Waals surface area contributed by atoms with Gasteiger partial charge in [0.1, 0.15) is 10.6 Å². The first-order valence-corrected chi connectivity index (χ1v) is 14.6. The summed E-state index contributed by atoms with van der Waals surface area (Å²) in [5.74, 6) is -0.101. The molecule has 3 heterocycles. The average molecular weight is 609 g/mol. The van der Waals surface area contributed by atoms with Crippen LogP contribution in [-0.4, -0.2) is 60.1 Å². The Hall–Kier alpha value is -3.52. The van der Waals surface area contributed by atoms with E-state index in [1.54, 1.807) is 18.4 Å². The maximum absolute atomic E-state index is 12.0. The number of aryl methyl sites for hydroxylation is 1. The summed E-state index contributed by atoms with van der Waals surface area (Å²) < 4.78 is 62.9. The molecule has 0 bridgehead atoms. The van der Waals surface area contributed by atoms with Crippen molar-refractivity contribution in [2.24, 2.45) is 0 Å². The van der Waals surface area contributed by atoms with Gasteiger partial charge in [0.25, 0.3) is 0 Å². The Balaban J connectivity index is 0.000000426. The fourth-order valence-electron chi connectivity index (χ4n) is 4.64. The molecule has 13 heteroatoms. The Bertz CT molecular complexity index is 1680. The molecule has 218 valence electrons. The third kappa shape index (κ3) is 6.70. The van der Waals surface area contributed by atoms with E-state index in [1.807, 2.05) is 24.3 Å². The second-order valence-corrected chi connectivity index (χ2v) is 12.1. The van der Waals surface area contributed by atoms with Crippen LogP contribution in [0.2, 0.25) is 0 Å². The molecule has 8 nitrogen and oxygen atoms in total. The number of aliphatic carboxylic acids is 1. The van der Waals surface area contributed by atoms with Crippen LogP contribution in [0.25, 0.3) is 32.6 Å². The molecule has 2 aromatic heterocycles. The van der Waals surface area contributed by atoms with Crippen molar-refractivity contribution in [1.82, 2.24) is 9.88 Å². The maximum atomic E-state index is 12.0. The number of alkyl halides is 3. The number of pyridine rings is 1. The number of rotatable bonds is 5. The molecule has 0 amide bonds. The Kier molecular flexibility index (Phi) is 8.73. The maximum Gasteiger partial charge on any atom is 0.522 e. The molecule has 0 unspecified atom stereocenters. The number of fused-ring (bicyclic) bond motifs is 3. The number of nitrogens with zero attached hydrogens (tertiary/aromatic N) is 2. The smallest absolute Gasteiger partial charge is 0.497 e.